The normalized spacial score (nSPS) is 17.6. The largest absolute Gasteiger partial charge is 0.334 e. The molecule has 5 nitrogen and oxygen atoms in total. The second-order valence-electron chi connectivity index (χ2n) is 6.83. The molecule has 1 unspecified atom stereocenters. The first kappa shape index (κ1) is 16.7. The number of amides is 1. The summed E-state index contributed by atoms with van der Waals surface area (Å²) in [5, 5.41) is 4.54. The summed E-state index contributed by atoms with van der Waals surface area (Å²) in [6.45, 7) is 2.65. The second-order valence-corrected chi connectivity index (χ2v) is 6.83. The molecule has 6 heteroatoms. The van der Waals surface area contributed by atoms with E-state index in [-0.39, 0.29) is 24.2 Å². The van der Waals surface area contributed by atoms with Crippen molar-refractivity contribution in [3.05, 3.63) is 65.4 Å². The zero-order chi connectivity index (χ0) is 18.1. The second kappa shape index (κ2) is 6.86. The van der Waals surface area contributed by atoms with E-state index in [1.807, 2.05) is 28.5 Å². The molecule has 0 radical (unpaired) electrons. The van der Waals surface area contributed by atoms with E-state index in [2.05, 4.69) is 10.1 Å². The van der Waals surface area contributed by atoms with Crippen molar-refractivity contribution in [2.75, 3.05) is 6.54 Å². The van der Waals surface area contributed by atoms with E-state index >= 15 is 0 Å². The molecule has 0 bridgehead atoms. The van der Waals surface area contributed by atoms with E-state index in [0.29, 0.717) is 12.1 Å². The Morgan fingerprint density at radius 3 is 3.00 bits per heavy atom. The van der Waals surface area contributed by atoms with Gasteiger partial charge in [-0.3, -0.25) is 4.79 Å². The van der Waals surface area contributed by atoms with Crippen LogP contribution in [0.1, 0.15) is 42.3 Å². The highest BCUT2D eigenvalue weighted by molar-refractivity contribution is 5.79. The van der Waals surface area contributed by atoms with Gasteiger partial charge in [0.25, 0.3) is 0 Å². The van der Waals surface area contributed by atoms with Crippen LogP contribution in [0.3, 0.4) is 0 Å². The summed E-state index contributed by atoms with van der Waals surface area (Å²) in [6.07, 6.45) is 4.93. The summed E-state index contributed by atoms with van der Waals surface area (Å²) in [6, 6.07) is 10.1. The number of halogens is 1. The van der Waals surface area contributed by atoms with Gasteiger partial charge in [0.1, 0.15) is 5.82 Å². The highest BCUT2D eigenvalue weighted by atomic mass is 19.1. The quantitative estimate of drug-likeness (QED) is 0.725. The average molecular weight is 352 g/mol. The van der Waals surface area contributed by atoms with Gasteiger partial charge in [-0.15, -0.1) is 0 Å². The van der Waals surface area contributed by atoms with Crippen molar-refractivity contribution in [1.29, 1.82) is 0 Å². The first-order chi connectivity index (χ1) is 12.6. The van der Waals surface area contributed by atoms with Gasteiger partial charge in [-0.1, -0.05) is 12.1 Å². The van der Waals surface area contributed by atoms with Crippen molar-refractivity contribution in [3.8, 4) is 0 Å². The number of nitrogens with zero attached hydrogens (tertiary/aromatic N) is 4. The molecule has 0 N–H and O–H groups in total. The molecule has 1 fully saturated rings. The van der Waals surface area contributed by atoms with E-state index in [1.54, 1.807) is 18.3 Å². The number of hydrogen-bond acceptors (Lipinski definition) is 3. The van der Waals surface area contributed by atoms with Crippen molar-refractivity contribution in [1.82, 2.24) is 19.5 Å². The molecule has 26 heavy (non-hydrogen) atoms. The molecule has 0 spiro atoms. The van der Waals surface area contributed by atoms with Crippen LogP contribution in [0.2, 0.25) is 0 Å². The lowest BCUT2D eigenvalue weighted by Crippen LogP contribution is -2.40. The fourth-order valence-corrected chi connectivity index (χ4v) is 3.74. The van der Waals surface area contributed by atoms with Gasteiger partial charge in [-0.25, -0.2) is 13.9 Å². The lowest BCUT2D eigenvalue weighted by molar-refractivity contribution is -0.134. The minimum Gasteiger partial charge on any atom is -0.334 e. The molecule has 1 aliphatic heterocycles. The van der Waals surface area contributed by atoms with Crippen molar-refractivity contribution >= 4 is 11.6 Å². The van der Waals surface area contributed by atoms with Gasteiger partial charge in [0.05, 0.1) is 23.9 Å². The van der Waals surface area contributed by atoms with Crippen LogP contribution in [0.15, 0.2) is 42.6 Å². The average Bonchev–Trinajstić information content (AvgIpc) is 3.02. The number of likely N-dealkylation sites (tertiary alicyclic amines) is 1. The molecule has 1 aromatic carbocycles. The van der Waals surface area contributed by atoms with Gasteiger partial charge in [0.15, 0.2) is 5.65 Å². The van der Waals surface area contributed by atoms with Crippen LogP contribution in [0.4, 0.5) is 4.39 Å². The first-order valence-electron chi connectivity index (χ1n) is 8.97. The Balaban J connectivity index is 1.64. The molecule has 4 rings (SSSR count). The van der Waals surface area contributed by atoms with Crippen molar-refractivity contribution in [3.63, 3.8) is 0 Å². The van der Waals surface area contributed by atoms with Gasteiger partial charge in [-0.2, -0.15) is 5.10 Å². The number of carbonyl (C=O) groups excluding carboxylic acids is 1. The molecule has 0 aliphatic carbocycles. The number of hydrogen-bond donors (Lipinski definition) is 0. The molecule has 3 heterocycles. The van der Waals surface area contributed by atoms with E-state index in [4.69, 9.17) is 0 Å². The minimum absolute atomic E-state index is 0.0224. The number of aromatic nitrogens is 3. The third kappa shape index (κ3) is 3.19. The van der Waals surface area contributed by atoms with Crippen LogP contribution < -0.4 is 0 Å². The molecule has 1 saturated heterocycles. The Bertz CT molecular complexity index is 952. The van der Waals surface area contributed by atoms with Crippen LogP contribution in [-0.2, 0) is 11.2 Å². The standard InChI is InChI=1S/C20H21FN4O/c1-14-11-19-22-9-8-18(25(19)23-14)17-7-2-3-10-24(17)20(26)13-15-5-4-6-16(21)12-15/h4-6,8-9,11-12,17H,2-3,7,10,13H2,1H3. The Kier molecular flexibility index (Phi) is 4.41. The maximum Gasteiger partial charge on any atom is 0.227 e. The van der Waals surface area contributed by atoms with Crippen molar-refractivity contribution in [2.24, 2.45) is 0 Å². The fourth-order valence-electron chi connectivity index (χ4n) is 3.74. The van der Waals surface area contributed by atoms with Crippen LogP contribution in [0, 0.1) is 12.7 Å². The van der Waals surface area contributed by atoms with Crippen LogP contribution >= 0.6 is 0 Å². The summed E-state index contributed by atoms with van der Waals surface area (Å²) in [5.41, 5.74) is 3.38. The molecule has 2 aromatic heterocycles. The van der Waals surface area contributed by atoms with Gasteiger partial charge < -0.3 is 4.90 Å². The molecule has 1 atom stereocenters. The van der Waals surface area contributed by atoms with E-state index in [1.165, 1.54) is 12.1 Å². The summed E-state index contributed by atoms with van der Waals surface area (Å²) in [5.74, 6) is -0.289. The summed E-state index contributed by atoms with van der Waals surface area (Å²) >= 11 is 0. The number of piperidine rings is 1. The molecular formula is C20H21FN4O. The summed E-state index contributed by atoms with van der Waals surface area (Å²) < 4.78 is 15.3. The highest BCUT2D eigenvalue weighted by Crippen LogP contribution is 2.31. The van der Waals surface area contributed by atoms with Gasteiger partial charge in [0, 0.05) is 18.8 Å². The monoisotopic (exact) mass is 352 g/mol. The van der Waals surface area contributed by atoms with Gasteiger partial charge >= 0.3 is 0 Å². The number of fused-ring (bicyclic) bond motifs is 1. The topological polar surface area (TPSA) is 50.5 Å². The maximum atomic E-state index is 13.4. The van der Waals surface area contributed by atoms with Gasteiger partial charge in [0.2, 0.25) is 5.91 Å². The third-order valence-corrected chi connectivity index (χ3v) is 4.92. The van der Waals surface area contributed by atoms with E-state index in [9.17, 15) is 9.18 Å². The summed E-state index contributed by atoms with van der Waals surface area (Å²) in [7, 11) is 0. The molecular weight excluding hydrogens is 331 g/mol. The first-order valence-corrected chi connectivity index (χ1v) is 8.97. The minimum atomic E-state index is -0.312. The molecule has 1 amide bonds. The zero-order valence-electron chi connectivity index (χ0n) is 14.7. The van der Waals surface area contributed by atoms with Crippen molar-refractivity contribution < 1.29 is 9.18 Å². The third-order valence-electron chi connectivity index (χ3n) is 4.92. The SMILES string of the molecule is Cc1cc2nccc(C3CCCCN3C(=O)Cc3cccc(F)c3)n2n1. The lowest BCUT2D eigenvalue weighted by atomic mass is 9.98. The van der Waals surface area contributed by atoms with E-state index < -0.39 is 0 Å². The maximum absolute atomic E-state index is 13.4. The van der Waals surface area contributed by atoms with Crippen LogP contribution in [-0.4, -0.2) is 31.9 Å². The molecule has 0 saturated carbocycles. The Morgan fingerprint density at radius 2 is 2.15 bits per heavy atom. The zero-order valence-corrected chi connectivity index (χ0v) is 14.7. The highest BCUT2D eigenvalue weighted by Gasteiger charge is 2.30. The Labute approximate surface area is 151 Å². The Morgan fingerprint density at radius 1 is 1.27 bits per heavy atom. The smallest absolute Gasteiger partial charge is 0.227 e. The predicted octanol–water partition coefficient (Wildman–Crippen LogP) is 3.47. The summed E-state index contributed by atoms with van der Waals surface area (Å²) in [4.78, 5) is 19.2. The van der Waals surface area contributed by atoms with Crippen LogP contribution in [0.5, 0.6) is 0 Å². The van der Waals surface area contributed by atoms with Gasteiger partial charge in [-0.05, 0) is 49.9 Å². The number of rotatable bonds is 3. The van der Waals surface area contributed by atoms with Crippen molar-refractivity contribution in [2.45, 2.75) is 38.6 Å². The van der Waals surface area contributed by atoms with Crippen LogP contribution in [0.25, 0.3) is 5.65 Å². The molecule has 1 aliphatic rings. The Hall–Kier alpha value is -2.76. The molecule has 134 valence electrons. The lowest BCUT2D eigenvalue weighted by Gasteiger charge is -2.36. The fraction of sp³-hybridized carbons (Fsp3) is 0.350. The molecule has 3 aromatic rings. The number of carbonyl (C=O) groups is 1. The van der Waals surface area contributed by atoms with E-state index in [0.717, 1.165) is 36.3 Å². The number of aryl methyl sites for hydroxylation is 1. The number of benzene rings is 1. The predicted molar refractivity (Wildman–Crippen MR) is 96.1 cm³/mol.